The number of hydrogen-bond acceptors (Lipinski definition) is 4. The molecular weight excluding hydrogens is 409 g/mol. The zero-order valence-corrected chi connectivity index (χ0v) is 16.4. The second-order valence-electron chi connectivity index (χ2n) is 6.86. The first-order chi connectivity index (χ1) is 13.5. The summed E-state index contributed by atoms with van der Waals surface area (Å²) in [7, 11) is -3.86. The third-order valence-electron chi connectivity index (χ3n) is 4.47. The van der Waals surface area contributed by atoms with Gasteiger partial charge in [-0.1, -0.05) is 0 Å². The van der Waals surface area contributed by atoms with E-state index in [1.54, 1.807) is 4.72 Å². The smallest absolute Gasteiger partial charge is 0.261 e. The number of nitrogens with one attached hydrogen (secondary N) is 2. The Kier molecular flexibility index (Phi) is 5.74. The fraction of sp³-hybridized carbons (Fsp3) is 0.316. The number of carbonyl (C=O) groups excluding carboxylic acids is 1. The van der Waals surface area contributed by atoms with Crippen molar-refractivity contribution in [2.45, 2.75) is 31.9 Å². The van der Waals surface area contributed by atoms with E-state index < -0.39 is 45.4 Å². The van der Waals surface area contributed by atoms with Gasteiger partial charge in [0.05, 0.1) is 12.3 Å². The maximum atomic E-state index is 14.2. The number of anilines is 1. The normalized spacial score (nSPS) is 17.1. The predicted molar refractivity (Wildman–Crippen MR) is 101 cm³/mol. The molecule has 0 radical (unpaired) electrons. The van der Waals surface area contributed by atoms with Gasteiger partial charge in [-0.25, -0.2) is 21.6 Å². The number of amides is 1. The van der Waals surface area contributed by atoms with E-state index in [2.05, 4.69) is 5.32 Å². The van der Waals surface area contributed by atoms with Gasteiger partial charge in [0.1, 0.15) is 17.3 Å². The topological polar surface area (TPSA) is 84.5 Å². The minimum atomic E-state index is -3.86. The Labute approximate surface area is 166 Å². The number of fused-ring (bicyclic) bond motifs is 1. The molecule has 0 spiro atoms. The van der Waals surface area contributed by atoms with Crippen LogP contribution in [0.15, 0.2) is 30.3 Å². The lowest BCUT2D eigenvalue weighted by Crippen LogP contribution is -2.41. The molecule has 29 heavy (non-hydrogen) atoms. The van der Waals surface area contributed by atoms with Crippen LogP contribution in [0.3, 0.4) is 0 Å². The van der Waals surface area contributed by atoms with Gasteiger partial charge in [-0.3, -0.25) is 9.52 Å². The van der Waals surface area contributed by atoms with Gasteiger partial charge >= 0.3 is 0 Å². The molecular formula is C19H19F3N2O4S. The van der Waals surface area contributed by atoms with Crippen molar-refractivity contribution >= 4 is 21.6 Å². The van der Waals surface area contributed by atoms with Crippen molar-refractivity contribution in [1.82, 2.24) is 5.32 Å². The van der Waals surface area contributed by atoms with E-state index in [0.717, 1.165) is 18.4 Å². The summed E-state index contributed by atoms with van der Waals surface area (Å²) in [5.74, 6) is -2.65. The van der Waals surface area contributed by atoms with Crippen LogP contribution in [0.5, 0.6) is 5.75 Å². The average molecular weight is 428 g/mol. The molecule has 10 heteroatoms. The van der Waals surface area contributed by atoms with E-state index in [-0.39, 0.29) is 11.4 Å². The van der Waals surface area contributed by atoms with Crippen LogP contribution in [-0.2, 0) is 21.2 Å². The summed E-state index contributed by atoms with van der Waals surface area (Å²) < 4.78 is 71.4. The molecule has 0 fully saturated rings. The van der Waals surface area contributed by atoms with E-state index >= 15 is 0 Å². The van der Waals surface area contributed by atoms with Crippen LogP contribution in [0.1, 0.15) is 30.5 Å². The van der Waals surface area contributed by atoms with Crippen LogP contribution >= 0.6 is 0 Å². The molecule has 2 aromatic carbocycles. The summed E-state index contributed by atoms with van der Waals surface area (Å²) in [5, 5.41) is 2.62. The molecule has 0 aromatic heterocycles. The number of ether oxygens (including phenoxy) is 1. The highest BCUT2D eigenvalue weighted by atomic mass is 32.2. The maximum Gasteiger partial charge on any atom is 0.261 e. The number of halogens is 3. The zero-order chi connectivity index (χ0) is 21.3. The van der Waals surface area contributed by atoms with Crippen molar-refractivity contribution in [3.05, 3.63) is 58.9 Å². The van der Waals surface area contributed by atoms with Crippen molar-refractivity contribution in [3.8, 4) is 5.75 Å². The Bertz CT molecular complexity index is 1040. The zero-order valence-electron chi connectivity index (χ0n) is 15.6. The lowest BCUT2D eigenvalue weighted by atomic mass is 10.0. The van der Waals surface area contributed by atoms with Gasteiger partial charge in [0, 0.05) is 0 Å². The van der Waals surface area contributed by atoms with Crippen molar-refractivity contribution in [3.63, 3.8) is 0 Å². The molecule has 1 amide bonds. The third-order valence-corrected chi connectivity index (χ3v) is 5.05. The van der Waals surface area contributed by atoms with Gasteiger partial charge < -0.3 is 10.1 Å². The molecule has 3 rings (SSSR count). The number of sulfonamides is 1. The fourth-order valence-corrected chi connectivity index (χ4v) is 3.62. The quantitative estimate of drug-likeness (QED) is 0.767. The summed E-state index contributed by atoms with van der Waals surface area (Å²) >= 11 is 0. The molecule has 1 aliphatic rings. The summed E-state index contributed by atoms with van der Waals surface area (Å²) in [6.45, 7) is 1.53. The van der Waals surface area contributed by atoms with Crippen LogP contribution in [0.25, 0.3) is 0 Å². The van der Waals surface area contributed by atoms with Crippen LogP contribution in [0.4, 0.5) is 18.9 Å². The SMILES string of the molecule is CC(NC(=O)C1CCc2cc(F)ccc2O1)c1cc(F)c(NS(C)(=O)=O)c(F)c1. The van der Waals surface area contributed by atoms with E-state index in [1.807, 2.05) is 0 Å². The molecule has 0 saturated heterocycles. The third kappa shape index (κ3) is 5.00. The Morgan fingerprint density at radius 3 is 2.45 bits per heavy atom. The van der Waals surface area contributed by atoms with Crippen LogP contribution < -0.4 is 14.8 Å². The minimum Gasteiger partial charge on any atom is -0.480 e. The summed E-state index contributed by atoms with van der Waals surface area (Å²) in [5.41, 5.74) is 0.000108. The predicted octanol–water partition coefficient (Wildman–Crippen LogP) is 3.05. The number of hydrogen-bond donors (Lipinski definition) is 2. The van der Waals surface area contributed by atoms with Gasteiger partial charge in [-0.05, 0) is 61.2 Å². The molecule has 1 aliphatic heterocycles. The van der Waals surface area contributed by atoms with Crippen molar-refractivity contribution < 1.29 is 31.1 Å². The number of rotatable bonds is 5. The first-order valence-corrected chi connectivity index (χ1v) is 10.6. The molecule has 2 atom stereocenters. The van der Waals surface area contributed by atoms with Crippen molar-refractivity contribution in [2.75, 3.05) is 11.0 Å². The lowest BCUT2D eigenvalue weighted by molar-refractivity contribution is -0.129. The summed E-state index contributed by atoms with van der Waals surface area (Å²) in [6.07, 6.45) is 0.736. The first kappa shape index (κ1) is 21.0. The maximum absolute atomic E-state index is 14.2. The molecule has 0 bridgehead atoms. The van der Waals surface area contributed by atoms with E-state index in [9.17, 15) is 26.4 Å². The Morgan fingerprint density at radius 1 is 1.17 bits per heavy atom. The van der Waals surface area contributed by atoms with Crippen LogP contribution in [0.2, 0.25) is 0 Å². The summed E-state index contributed by atoms with van der Waals surface area (Å²) in [6, 6.07) is 5.16. The molecule has 2 aromatic rings. The summed E-state index contributed by atoms with van der Waals surface area (Å²) in [4.78, 5) is 12.5. The van der Waals surface area contributed by atoms with Gasteiger partial charge in [-0.15, -0.1) is 0 Å². The number of carbonyl (C=O) groups is 1. The first-order valence-electron chi connectivity index (χ1n) is 8.75. The minimum absolute atomic E-state index is 0.116. The van der Waals surface area contributed by atoms with Crippen LogP contribution in [-0.4, -0.2) is 26.7 Å². The van der Waals surface area contributed by atoms with Gasteiger partial charge in [0.2, 0.25) is 10.0 Å². The molecule has 6 nitrogen and oxygen atoms in total. The largest absolute Gasteiger partial charge is 0.480 e. The van der Waals surface area contributed by atoms with Gasteiger partial charge in [0.25, 0.3) is 5.91 Å². The van der Waals surface area contributed by atoms with Gasteiger partial charge in [-0.2, -0.15) is 0 Å². The molecule has 0 aliphatic carbocycles. The number of benzene rings is 2. The molecule has 0 saturated carbocycles. The highest BCUT2D eigenvalue weighted by molar-refractivity contribution is 7.92. The average Bonchev–Trinajstić information content (AvgIpc) is 2.63. The van der Waals surface area contributed by atoms with Gasteiger partial charge in [0.15, 0.2) is 17.7 Å². The Morgan fingerprint density at radius 2 is 1.83 bits per heavy atom. The second-order valence-corrected chi connectivity index (χ2v) is 8.61. The standard InChI is InChI=1S/C19H19F3N2O4S/c1-10(12-8-14(21)18(15(22)9-12)24-29(2,26)27)23-19(25)17-5-3-11-7-13(20)4-6-16(11)28-17/h4,6-10,17,24H,3,5H2,1-2H3,(H,23,25). The highest BCUT2D eigenvalue weighted by Crippen LogP contribution is 2.29. The molecule has 156 valence electrons. The van der Waals surface area contributed by atoms with Crippen LogP contribution in [0, 0.1) is 17.5 Å². The van der Waals surface area contributed by atoms with E-state index in [4.69, 9.17) is 4.74 Å². The second kappa shape index (κ2) is 7.94. The Hall–Kier alpha value is -2.75. The molecule has 2 unspecified atom stereocenters. The van der Waals surface area contributed by atoms with Crippen molar-refractivity contribution in [1.29, 1.82) is 0 Å². The van der Waals surface area contributed by atoms with E-state index in [0.29, 0.717) is 24.2 Å². The van der Waals surface area contributed by atoms with E-state index in [1.165, 1.54) is 25.1 Å². The fourth-order valence-electron chi connectivity index (χ4n) is 3.06. The monoisotopic (exact) mass is 428 g/mol. The lowest BCUT2D eigenvalue weighted by Gasteiger charge is -2.26. The number of aryl methyl sites for hydroxylation is 1. The van der Waals surface area contributed by atoms with Crippen molar-refractivity contribution in [2.24, 2.45) is 0 Å². The Balaban J connectivity index is 1.71. The molecule has 2 N–H and O–H groups in total. The molecule has 1 heterocycles. The highest BCUT2D eigenvalue weighted by Gasteiger charge is 2.28.